The van der Waals surface area contributed by atoms with Gasteiger partial charge in [0.05, 0.1) is 12.2 Å². The third-order valence-corrected chi connectivity index (χ3v) is 2.47. The van der Waals surface area contributed by atoms with Gasteiger partial charge >= 0.3 is 0 Å². The van der Waals surface area contributed by atoms with Gasteiger partial charge in [0.25, 0.3) is 0 Å². The highest BCUT2D eigenvalue weighted by Crippen LogP contribution is 2.12. The Balaban J connectivity index is 2.07. The fourth-order valence-electron chi connectivity index (χ4n) is 1.31. The second-order valence-corrected chi connectivity index (χ2v) is 3.94. The number of hydrogen-bond donors (Lipinski definition) is 2. The number of halogens is 1. The molecule has 7 nitrogen and oxygen atoms in total. The van der Waals surface area contributed by atoms with Gasteiger partial charge in [0.15, 0.2) is 0 Å². The molecule has 0 aliphatic heterocycles. The minimum Gasteiger partial charge on any atom is -0.444 e. The molecule has 0 aliphatic rings. The summed E-state index contributed by atoms with van der Waals surface area (Å²) >= 11 is 5.76. The molecule has 0 saturated heterocycles. The molecule has 2 N–H and O–H groups in total. The topological polar surface area (TPSA) is 88.8 Å². The van der Waals surface area contributed by atoms with E-state index >= 15 is 0 Å². The Morgan fingerprint density at radius 3 is 2.44 bits per heavy atom. The first-order valence-electron chi connectivity index (χ1n) is 5.34. The molecular weight excluding hydrogens is 256 g/mol. The fraction of sp³-hybridized carbons (Fsp3) is 0.400. The van der Waals surface area contributed by atoms with Crippen LogP contribution in [0.1, 0.15) is 17.3 Å². The maximum absolute atomic E-state index is 5.76. The first-order valence-corrected chi connectivity index (χ1v) is 5.72. The zero-order valence-corrected chi connectivity index (χ0v) is 11.0. The number of hydrogen-bond acceptors (Lipinski definition) is 7. The van der Waals surface area contributed by atoms with Crippen LogP contribution in [0.25, 0.3) is 0 Å². The maximum Gasteiger partial charge on any atom is 0.229 e. The average molecular weight is 269 g/mol. The van der Waals surface area contributed by atoms with E-state index in [9.17, 15) is 0 Å². The average Bonchev–Trinajstić information content (AvgIpc) is 2.65. The molecule has 0 atom stereocenters. The highest BCUT2D eigenvalue weighted by atomic mass is 35.5. The van der Waals surface area contributed by atoms with Crippen molar-refractivity contribution < 1.29 is 4.42 Å². The van der Waals surface area contributed by atoms with Gasteiger partial charge in [-0.3, -0.25) is 0 Å². The van der Waals surface area contributed by atoms with Crippen LogP contribution >= 0.6 is 11.6 Å². The van der Waals surface area contributed by atoms with E-state index in [4.69, 9.17) is 16.0 Å². The lowest BCUT2D eigenvalue weighted by atomic mass is 10.4. The Hall–Kier alpha value is -1.89. The molecule has 2 aromatic heterocycles. The minimum absolute atomic E-state index is 0.122. The van der Waals surface area contributed by atoms with Crippen molar-refractivity contribution in [3.63, 3.8) is 0 Å². The molecule has 2 heterocycles. The van der Waals surface area contributed by atoms with E-state index in [0.29, 0.717) is 24.3 Å². The van der Waals surface area contributed by atoms with Crippen molar-refractivity contribution in [1.29, 1.82) is 0 Å². The van der Waals surface area contributed by atoms with Crippen molar-refractivity contribution in [2.45, 2.75) is 20.4 Å². The molecule has 0 bridgehead atoms. The van der Waals surface area contributed by atoms with Crippen LogP contribution in [0.3, 0.4) is 0 Å². The molecule has 0 spiro atoms. The summed E-state index contributed by atoms with van der Waals surface area (Å²) in [6.45, 7) is 4.14. The smallest absolute Gasteiger partial charge is 0.229 e. The molecule has 0 amide bonds. The standard InChI is InChI=1S/C10H13ClN6O/c1-5-6(2)18-7(14-5)4-13-10-16-8(11)15-9(12-3)17-10/h4H2,1-3H3,(H2,12,13,15,16,17). The van der Waals surface area contributed by atoms with E-state index in [1.807, 2.05) is 13.8 Å². The van der Waals surface area contributed by atoms with Crippen LogP contribution < -0.4 is 10.6 Å². The van der Waals surface area contributed by atoms with Gasteiger partial charge in [-0.15, -0.1) is 0 Å². The zero-order valence-electron chi connectivity index (χ0n) is 10.3. The van der Waals surface area contributed by atoms with E-state index in [1.165, 1.54) is 0 Å². The van der Waals surface area contributed by atoms with Gasteiger partial charge in [-0.2, -0.15) is 15.0 Å². The van der Waals surface area contributed by atoms with Gasteiger partial charge in [0.1, 0.15) is 5.76 Å². The Labute approximate surface area is 109 Å². The summed E-state index contributed by atoms with van der Waals surface area (Å²) in [6.07, 6.45) is 0. The number of aromatic nitrogens is 4. The molecule has 2 rings (SSSR count). The first kappa shape index (κ1) is 12.6. The predicted octanol–water partition coefficient (Wildman–Crippen LogP) is 1.78. The van der Waals surface area contributed by atoms with Crippen molar-refractivity contribution in [3.8, 4) is 0 Å². The molecule has 8 heteroatoms. The second-order valence-electron chi connectivity index (χ2n) is 3.60. The third kappa shape index (κ3) is 2.86. The molecule has 0 unspecified atom stereocenters. The third-order valence-electron chi connectivity index (χ3n) is 2.30. The van der Waals surface area contributed by atoms with E-state index in [1.54, 1.807) is 7.05 Å². The van der Waals surface area contributed by atoms with Crippen LogP contribution in [0, 0.1) is 13.8 Å². The van der Waals surface area contributed by atoms with Crippen LogP contribution in [0.2, 0.25) is 5.28 Å². The quantitative estimate of drug-likeness (QED) is 0.874. The molecule has 18 heavy (non-hydrogen) atoms. The predicted molar refractivity (Wildman–Crippen MR) is 67.7 cm³/mol. The summed E-state index contributed by atoms with van der Waals surface area (Å²) in [5.74, 6) is 2.15. The maximum atomic E-state index is 5.76. The monoisotopic (exact) mass is 268 g/mol. The van der Waals surface area contributed by atoms with Crippen molar-refractivity contribution in [1.82, 2.24) is 19.9 Å². The largest absolute Gasteiger partial charge is 0.444 e. The molecule has 2 aromatic rings. The molecule has 0 aliphatic carbocycles. The van der Waals surface area contributed by atoms with Crippen LogP contribution in [0.15, 0.2) is 4.42 Å². The van der Waals surface area contributed by atoms with Crippen LogP contribution in [-0.2, 0) is 6.54 Å². The highest BCUT2D eigenvalue weighted by molar-refractivity contribution is 6.28. The number of nitrogens with one attached hydrogen (secondary N) is 2. The summed E-state index contributed by atoms with van der Waals surface area (Å²) in [6, 6.07) is 0. The van der Waals surface area contributed by atoms with Crippen LogP contribution in [-0.4, -0.2) is 27.0 Å². The van der Waals surface area contributed by atoms with Gasteiger partial charge in [0.2, 0.25) is 23.1 Å². The lowest BCUT2D eigenvalue weighted by Crippen LogP contribution is -2.07. The Morgan fingerprint density at radius 2 is 1.83 bits per heavy atom. The Bertz CT molecular complexity index is 536. The van der Waals surface area contributed by atoms with Crippen molar-refractivity contribution >= 4 is 23.5 Å². The number of aryl methyl sites for hydroxylation is 2. The summed E-state index contributed by atoms with van der Waals surface area (Å²) < 4.78 is 5.43. The Kier molecular flexibility index (Phi) is 3.61. The van der Waals surface area contributed by atoms with Crippen molar-refractivity contribution in [3.05, 3.63) is 22.6 Å². The number of rotatable bonds is 4. The SMILES string of the molecule is CNc1nc(Cl)nc(NCc2nc(C)c(C)o2)n1. The van der Waals surface area contributed by atoms with Crippen LogP contribution in [0.5, 0.6) is 0 Å². The van der Waals surface area contributed by atoms with E-state index in [-0.39, 0.29) is 5.28 Å². The molecule has 0 fully saturated rings. The van der Waals surface area contributed by atoms with Crippen molar-refractivity contribution in [2.24, 2.45) is 0 Å². The van der Waals surface area contributed by atoms with Crippen LogP contribution in [0.4, 0.5) is 11.9 Å². The normalized spacial score (nSPS) is 10.4. The number of nitrogens with zero attached hydrogens (tertiary/aromatic N) is 4. The Morgan fingerprint density at radius 1 is 1.11 bits per heavy atom. The molecule has 0 saturated carbocycles. The van der Waals surface area contributed by atoms with E-state index < -0.39 is 0 Å². The lowest BCUT2D eigenvalue weighted by Gasteiger charge is -2.04. The van der Waals surface area contributed by atoms with E-state index in [2.05, 4.69) is 30.6 Å². The van der Waals surface area contributed by atoms with Gasteiger partial charge < -0.3 is 15.1 Å². The molecule has 0 radical (unpaired) electrons. The lowest BCUT2D eigenvalue weighted by molar-refractivity contribution is 0.478. The van der Waals surface area contributed by atoms with Gasteiger partial charge in [-0.1, -0.05) is 0 Å². The summed E-state index contributed by atoms with van der Waals surface area (Å²) in [5.41, 5.74) is 0.872. The van der Waals surface area contributed by atoms with Crippen molar-refractivity contribution in [2.75, 3.05) is 17.7 Å². The molecular formula is C10H13ClN6O. The van der Waals surface area contributed by atoms with Gasteiger partial charge in [0, 0.05) is 7.05 Å². The van der Waals surface area contributed by atoms with Gasteiger partial charge in [-0.25, -0.2) is 4.98 Å². The molecule has 0 aromatic carbocycles. The van der Waals surface area contributed by atoms with E-state index in [0.717, 1.165) is 11.5 Å². The number of oxazole rings is 1. The molecule has 96 valence electrons. The fourth-order valence-corrected chi connectivity index (χ4v) is 1.47. The minimum atomic E-state index is 0.122. The summed E-state index contributed by atoms with van der Waals surface area (Å²) in [5, 5.41) is 5.89. The highest BCUT2D eigenvalue weighted by Gasteiger charge is 2.07. The summed E-state index contributed by atoms with van der Waals surface area (Å²) in [4.78, 5) is 16.2. The first-order chi connectivity index (χ1) is 8.58. The summed E-state index contributed by atoms with van der Waals surface area (Å²) in [7, 11) is 1.70. The zero-order chi connectivity index (χ0) is 13.1. The second kappa shape index (κ2) is 5.18. The number of anilines is 2. The van der Waals surface area contributed by atoms with Gasteiger partial charge in [-0.05, 0) is 25.4 Å².